The number of hydrogen-bond acceptors (Lipinski definition) is 6. The van der Waals surface area contributed by atoms with Gasteiger partial charge in [-0.25, -0.2) is 0 Å². The van der Waals surface area contributed by atoms with Gasteiger partial charge in [0.2, 0.25) is 5.88 Å². The maximum absolute atomic E-state index is 12.2. The number of H-pyrrole nitrogens is 1. The molecule has 0 saturated carbocycles. The molecule has 0 aliphatic heterocycles. The fraction of sp³-hybridized carbons (Fsp3) is 0.188. The second-order valence-electron chi connectivity index (χ2n) is 5.73. The second kappa shape index (κ2) is 5.78. The molecule has 1 amide bonds. The van der Waals surface area contributed by atoms with Gasteiger partial charge in [0.1, 0.15) is 0 Å². The first-order chi connectivity index (χ1) is 12.0. The topological polar surface area (TPSA) is 121 Å². The predicted octanol–water partition coefficient (Wildman–Crippen LogP) is 4.26. The van der Waals surface area contributed by atoms with E-state index in [-0.39, 0.29) is 17.3 Å². The minimum absolute atomic E-state index is 0.0103. The number of nitrogens with zero attached hydrogens (tertiary/aromatic N) is 3. The third-order valence-electron chi connectivity index (χ3n) is 4.14. The van der Waals surface area contributed by atoms with E-state index in [1.807, 2.05) is 6.07 Å². The van der Waals surface area contributed by atoms with E-state index >= 15 is 0 Å². The standard InChI is InChI=1S/C16H12N4O4S/c21-15(13-6-8-2-1-3-12(8)25-13)19-18-14-10-7-9(20(23)24)4-5-11(10)17-16(14)22/h4-7,17,22H,1-3H2. The van der Waals surface area contributed by atoms with Crippen LogP contribution in [0.2, 0.25) is 0 Å². The third kappa shape index (κ3) is 2.68. The van der Waals surface area contributed by atoms with Gasteiger partial charge in [-0.2, -0.15) is 0 Å². The minimum atomic E-state index is -0.539. The van der Waals surface area contributed by atoms with Crippen molar-refractivity contribution >= 4 is 39.5 Å². The number of carbonyl (C=O) groups is 1. The van der Waals surface area contributed by atoms with Crippen molar-refractivity contribution in [2.24, 2.45) is 10.2 Å². The largest absolute Gasteiger partial charge is 0.493 e. The number of nitrogens with one attached hydrogen (secondary N) is 1. The van der Waals surface area contributed by atoms with Crippen molar-refractivity contribution in [3.8, 4) is 5.88 Å². The smallest absolute Gasteiger partial charge is 0.305 e. The van der Waals surface area contributed by atoms with E-state index in [2.05, 4.69) is 15.2 Å². The third-order valence-corrected chi connectivity index (χ3v) is 5.37. The lowest BCUT2D eigenvalue weighted by Crippen LogP contribution is -1.89. The number of carbonyl (C=O) groups excluding carboxylic acids is 1. The van der Waals surface area contributed by atoms with E-state index in [0.29, 0.717) is 15.8 Å². The van der Waals surface area contributed by atoms with Crippen LogP contribution in [0.25, 0.3) is 10.9 Å². The summed E-state index contributed by atoms with van der Waals surface area (Å²) in [5, 5.41) is 28.7. The molecule has 4 rings (SSSR count). The first kappa shape index (κ1) is 15.5. The molecular weight excluding hydrogens is 344 g/mol. The first-order valence-electron chi connectivity index (χ1n) is 7.59. The lowest BCUT2D eigenvalue weighted by Gasteiger charge is -1.93. The fourth-order valence-corrected chi connectivity index (χ4v) is 4.08. The molecule has 8 nitrogen and oxygen atoms in total. The Bertz CT molecular complexity index is 1030. The summed E-state index contributed by atoms with van der Waals surface area (Å²) in [5.74, 6) is -0.778. The van der Waals surface area contributed by atoms with Crippen molar-refractivity contribution in [3.63, 3.8) is 0 Å². The second-order valence-corrected chi connectivity index (χ2v) is 6.86. The van der Waals surface area contributed by atoms with Crippen LogP contribution in [0.15, 0.2) is 34.5 Å². The van der Waals surface area contributed by atoms with Gasteiger partial charge in [-0.15, -0.1) is 21.6 Å². The van der Waals surface area contributed by atoms with Gasteiger partial charge in [0.15, 0.2) is 5.69 Å². The Labute approximate surface area is 145 Å². The van der Waals surface area contributed by atoms with E-state index in [1.54, 1.807) is 0 Å². The van der Waals surface area contributed by atoms with Crippen molar-refractivity contribution in [2.45, 2.75) is 19.3 Å². The molecule has 2 N–H and O–H groups in total. The molecule has 3 aromatic rings. The van der Waals surface area contributed by atoms with Crippen LogP contribution >= 0.6 is 11.3 Å². The molecule has 1 aliphatic carbocycles. The number of thiophene rings is 1. The van der Waals surface area contributed by atoms with E-state index in [4.69, 9.17) is 0 Å². The zero-order chi connectivity index (χ0) is 17.6. The molecular formula is C16H12N4O4S. The van der Waals surface area contributed by atoms with Crippen LogP contribution in [-0.2, 0) is 12.8 Å². The fourth-order valence-electron chi connectivity index (χ4n) is 2.95. The van der Waals surface area contributed by atoms with Crippen molar-refractivity contribution in [1.29, 1.82) is 0 Å². The number of aromatic amines is 1. The zero-order valence-corrected chi connectivity index (χ0v) is 13.7. The molecule has 0 unspecified atom stereocenters. The Morgan fingerprint density at radius 2 is 2.16 bits per heavy atom. The van der Waals surface area contributed by atoms with Crippen molar-refractivity contribution in [2.75, 3.05) is 0 Å². The Kier molecular flexibility index (Phi) is 3.57. The van der Waals surface area contributed by atoms with Crippen LogP contribution in [0.3, 0.4) is 0 Å². The van der Waals surface area contributed by atoms with Crippen LogP contribution in [-0.4, -0.2) is 20.9 Å². The number of non-ortho nitro benzene ring substituents is 1. The van der Waals surface area contributed by atoms with Gasteiger partial charge in [0.25, 0.3) is 5.69 Å². The van der Waals surface area contributed by atoms with Crippen LogP contribution in [0.5, 0.6) is 5.88 Å². The Morgan fingerprint density at radius 1 is 1.32 bits per heavy atom. The average molecular weight is 356 g/mol. The molecule has 9 heteroatoms. The van der Waals surface area contributed by atoms with Crippen LogP contribution in [0, 0.1) is 10.1 Å². The number of fused-ring (bicyclic) bond motifs is 2. The Balaban J connectivity index is 1.67. The molecule has 0 spiro atoms. The molecule has 0 saturated heterocycles. The quantitative estimate of drug-likeness (QED) is 0.414. The van der Waals surface area contributed by atoms with Gasteiger partial charge in [-0.1, -0.05) is 0 Å². The highest BCUT2D eigenvalue weighted by Crippen LogP contribution is 2.37. The number of aromatic hydroxyl groups is 1. The van der Waals surface area contributed by atoms with Gasteiger partial charge in [-0.05, 0) is 37.0 Å². The summed E-state index contributed by atoms with van der Waals surface area (Å²) in [7, 11) is 0. The summed E-state index contributed by atoms with van der Waals surface area (Å²) in [6.07, 6.45) is 3.07. The average Bonchev–Trinajstić information content (AvgIpc) is 3.24. The van der Waals surface area contributed by atoms with E-state index in [0.717, 1.165) is 19.3 Å². The molecule has 1 aromatic carbocycles. The molecule has 0 fully saturated rings. The molecule has 25 heavy (non-hydrogen) atoms. The number of nitro groups is 1. The van der Waals surface area contributed by atoms with Gasteiger partial charge < -0.3 is 10.1 Å². The zero-order valence-electron chi connectivity index (χ0n) is 12.9. The maximum atomic E-state index is 12.2. The lowest BCUT2D eigenvalue weighted by atomic mass is 10.2. The van der Waals surface area contributed by atoms with Crippen LogP contribution in [0.4, 0.5) is 11.4 Å². The van der Waals surface area contributed by atoms with E-state index in [1.165, 1.54) is 40.0 Å². The summed E-state index contributed by atoms with van der Waals surface area (Å²) in [6, 6.07) is 5.91. The Hall–Kier alpha value is -3.07. The highest BCUT2D eigenvalue weighted by atomic mass is 32.1. The van der Waals surface area contributed by atoms with Crippen molar-refractivity contribution < 1.29 is 14.8 Å². The molecule has 0 atom stereocenters. The lowest BCUT2D eigenvalue weighted by molar-refractivity contribution is -0.384. The minimum Gasteiger partial charge on any atom is -0.493 e. The number of aromatic nitrogens is 1. The van der Waals surface area contributed by atoms with Gasteiger partial charge >= 0.3 is 5.91 Å². The summed E-state index contributed by atoms with van der Waals surface area (Å²) >= 11 is 1.42. The number of nitro benzene ring substituents is 1. The summed E-state index contributed by atoms with van der Waals surface area (Å²) in [5.41, 5.74) is 1.54. The van der Waals surface area contributed by atoms with Gasteiger partial charge in [-0.3, -0.25) is 14.9 Å². The van der Waals surface area contributed by atoms with Crippen molar-refractivity contribution in [1.82, 2.24) is 4.98 Å². The number of benzene rings is 1. The molecule has 126 valence electrons. The number of hydrogen-bond donors (Lipinski definition) is 2. The van der Waals surface area contributed by atoms with Gasteiger partial charge in [0.05, 0.1) is 15.3 Å². The van der Waals surface area contributed by atoms with Crippen molar-refractivity contribution in [3.05, 3.63) is 49.7 Å². The monoisotopic (exact) mass is 356 g/mol. The predicted molar refractivity (Wildman–Crippen MR) is 91.8 cm³/mol. The number of azo groups is 1. The Morgan fingerprint density at radius 3 is 2.92 bits per heavy atom. The normalized spacial score (nSPS) is 13.6. The highest BCUT2D eigenvalue weighted by molar-refractivity contribution is 7.14. The van der Waals surface area contributed by atoms with Crippen LogP contribution < -0.4 is 0 Å². The highest BCUT2D eigenvalue weighted by Gasteiger charge is 2.19. The summed E-state index contributed by atoms with van der Waals surface area (Å²) in [6.45, 7) is 0. The molecule has 0 bridgehead atoms. The first-order valence-corrected chi connectivity index (χ1v) is 8.41. The number of rotatable bonds is 3. The molecule has 2 heterocycles. The SMILES string of the molecule is O=C(N=Nc1c(O)[nH]c2ccc([N+](=O)[O-])cc12)c1cc2c(s1)CCC2. The van der Waals surface area contributed by atoms with E-state index in [9.17, 15) is 20.0 Å². The van der Waals surface area contributed by atoms with Crippen LogP contribution in [0.1, 0.15) is 26.5 Å². The number of amides is 1. The molecule has 0 radical (unpaired) electrons. The maximum Gasteiger partial charge on any atom is 0.305 e. The van der Waals surface area contributed by atoms with E-state index < -0.39 is 10.8 Å². The van der Waals surface area contributed by atoms with Gasteiger partial charge in [0, 0.05) is 22.4 Å². The molecule has 1 aliphatic rings. The number of aryl methyl sites for hydroxylation is 2. The molecule has 2 aromatic heterocycles. The summed E-state index contributed by atoms with van der Waals surface area (Å²) < 4.78 is 0. The summed E-state index contributed by atoms with van der Waals surface area (Å²) in [4.78, 5) is 27.0.